The van der Waals surface area contributed by atoms with E-state index in [2.05, 4.69) is 20.1 Å². The van der Waals surface area contributed by atoms with Crippen molar-refractivity contribution < 1.29 is 42.3 Å². The smallest absolute Gasteiger partial charge is 0.433 e. The van der Waals surface area contributed by atoms with Crippen molar-refractivity contribution >= 4 is 0 Å². The summed E-state index contributed by atoms with van der Waals surface area (Å²) in [6.45, 7) is 4.51. The summed E-state index contributed by atoms with van der Waals surface area (Å²) in [5.41, 5.74) is -1.18. The van der Waals surface area contributed by atoms with Crippen LogP contribution in [0.1, 0.15) is 26.0 Å². The number of aromatic nitrogens is 3. The van der Waals surface area contributed by atoms with Crippen LogP contribution in [-0.2, 0) is 10.9 Å². The zero-order chi connectivity index (χ0) is 23.4. The summed E-state index contributed by atoms with van der Waals surface area (Å²) in [5, 5.41) is 25.9. The van der Waals surface area contributed by atoms with Gasteiger partial charge in [-0.3, -0.25) is 4.94 Å². The number of aliphatic hydroxyl groups excluding tert-OH is 2. The van der Waals surface area contributed by atoms with Gasteiger partial charge in [0.2, 0.25) is 5.88 Å². The summed E-state index contributed by atoms with van der Waals surface area (Å²) in [6.07, 6.45) is -3.93. The van der Waals surface area contributed by atoms with Crippen molar-refractivity contribution in [3.63, 3.8) is 0 Å². The number of hydrogen-bond acceptors (Lipinski definition) is 8. The summed E-state index contributed by atoms with van der Waals surface area (Å²) in [5.74, 6) is 0.109. The Balaban J connectivity index is 0.000000237. The van der Waals surface area contributed by atoms with Gasteiger partial charge in [-0.05, 0) is 24.5 Å². The molecule has 3 rings (SSSR count). The van der Waals surface area contributed by atoms with Gasteiger partial charge in [0.1, 0.15) is 11.8 Å². The number of halogens is 4. The van der Waals surface area contributed by atoms with Gasteiger partial charge in [-0.25, -0.2) is 4.98 Å². The first-order valence-electron chi connectivity index (χ1n) is 9.22. The number of rotatable bonds is 3. The van der Waals surface area contributed by atoms with Crippen molar-refractivity contribution in [3.05, 3.63) is 42.2 Å². The molecule has 1 fully saturated rings. The second-order valence-corrected chi connectivity index (χ2v) is 6.63. The topological polar surface area (TPSA) is 107 Å². The van der Waals surface area contributed by atoms with Gasteiger partial charge in [0.05, 0.1) is 19.3 Å². The van der Waals surface area contributed by atoms with Gasteiger partial charge in [0.15, 0.2) is 0 Å². The summed E-state index contributed by atoms with van der Waals surface area (Å²) in [4.78, 5) is 5.88. The van der Waals surface area contributed by atoms with Gasteiger partial charge in [-0.15, -0.1) is 5.10 Å². The van der Waals surface area contributed by atoms with Crippen molar-refractivity contribution in [1.82, 2.24) is 15.2 Å². The molecule has 3 atom stereocenters. The normalized spacial score (nSPS) is 20.6. The summed E-state index contributed by atoms with van der Waals surface area (Å²) in [6, 6.07) is 6.22. The van der Waals surface area contributed by atoms with Gasteiger partial charge in [0, 0.05) is 29.5 Å². The zero-order valence-corrected chi connectivity index (χ0v) is 17.2. The highest BCUT2D eigenvalue weighted by Gasteiger charge is 2.33. The third-order valence-corrected chi connectivity index (χ3v) is 3.96. The predicted octanol–water partition coefficient (Wildman–Crippen LogP) is 3.00. The molecule has 3 unspecified atom stereocenters. The summed E-state index contributed by atoms with van der Waals surface area (Å²) < 4.78 is 57.0. The summed E-state index contributed by atoms with van der Waals surface area (Å²) >= 11 is 0. The van der Waals surface area contributed by atoms with E-state index in [1.165, 1.54) is 0 Å². The Kier molecular flexibility index (Phi) is 11.1. The number of pyridine rings is 1. The van der Waals surface area contributed by atoms with Crippen molar-refractivity contribution in [3.8, 4) is 11.8 Å². The molecule has 12 heteroatoms. The molecule has 0 aliphatic carbocycles. The van der Waals surface area contributed by atoms with Crippen LogP contribution in [0, 0.1) is 5.92 Å². The molecule has 0 aromatic carbocycles. The molecular weight excluding hydrogens is 426 g/mol. The Morgan fingerprint density at radius 1 is 1.13 bits per heavy atom. The number of nitrogens with zero attached hydrogens (tertiary/aromatic N) is 3. The fourth-order valence-electron chi connectivity index (χ4n) is 2.41. The molecule has 2 N–H and O–H groups in total. The summed E-state index contributed by atoms with van der Waals surface area (Å²) in [7, 11) is 1.56. The maximum atomic E-state index is 11.9. The minimum absolute atomic E-state index is 0.196. The maximum Gasteiger partial charge on any atom is 0.433 e. The van der Waals surface area contributed by atoms with Crippen molar-refractivity contribution in [2.45, 2.75) is 44.8 Å². The number of aliphatic hydroxyl groups is 2. The number of hydrogen-bond donors (Lipinski definition) is 2. The molecule has 174 valence electrons. The molecule has 0 bridgehead atoms. The lowest BCUT2D eigenvalue weighted by atomic mass is 9.94. The lowest BCUT2D eigenvalue weighted by Crippen LogP contribution is -2.46. The van der Waals surface area contributed by atoms with Crippen molar-refractivity contribution in [1.29, 1.82) is 0 Å². The first kappa shape index (κ1) is 26.5. The molecule has 1 aliphatic rings. The van der Waals surface area contributed by atoms with Crippen LogP contribution in [0.25, 0.3) is 0 Å². The molecule has 1 aliphatic heterocycles. The van der Waals surface area contributed by atoms with E-state index >= 15 is 0 Å². The average Bonchev–Trinajstić information content (AvgIpc) is 2.76. The fraction of sp³-hybridized carbons (Fsp3) is 0.526. The SMILES string of the molecule is CC(C)C1OCCC(O)C1O.COc1cccnn1.FOc1cccc(C(F)(F)F)n1. The van der Waals surface area contributed by atoms with E-state index in [4.69, 9.17) is 9.47 Å². The molecule has 3 heterocycles. The molecule has 0 saturated carbocycles. The van der Waals surface area contributed by atoms with Crippen LogP contribution in [0.3, 0.4) is 0 Å². The third kappa shape index (κ3) is 9.40. The largest absolute Gasteiger partial charge is 0.480 e. The highest BCUT2D eigenvalue weighted by Crippen LogP contribution is 2.28. The van der Waals surface area contributed by atoms with E-state index in [1.54, 1.807) is 25.4 Å². The first-order valence-corrected chi connectivity index (χ1v) is 9.22. The Labute approximate surface area is 176 Å². The predicted molar refractivity (Wildman–Crippen MR) is 101 cm³/mol. The van der Waals surface area contributed by atoms with Crippen molar-refractivity contribution in [2.24, 2.45) is 5.92 Å². The van der Waals surface area contributed by atoms with Crippen molar-refractivity contribution in [2.75, 3.05) is 13.7 Å². The van der Waals surface area contributed by atoms with Crippen LogP contribution in [0.2, 0.25) is 0 Å². The second-order valence-electron chi connectivity index (χ2n) is 6.63. The quantitative estimate of drug-likeness (QED) is 0.686. The van der Waals surface area contributed by atoms with Gasteiger partial charge in [0.25, 0.3) is 5.88 Å². The number of methoxy groups -OCH3 is 1. The van der Waals surface area contributed by atoms with Crippen LogP contribution in [0.15, 0.2) is 36.5 Å². The standard InChI is InChI=1S/C8H16O3.C6H3F4NO.C5H6N2O/c1-5(2)8-7(10)6(9)3-4-11-8;7-6(8,9)4-2-1-3-5(11-4)12-10;1-8-5-3-2-4-6-7-5/h5-10H,3-4H2,1-2H3;1-3H;2-4H,1H3. The Hall–Kier alpha value is -2.57. The van der Waals surface area contributed by atoms with Crippen LogP contribution >= 0.6 is 0 Å². The molecule has 31 heavy (non-hydrogen) atoms. The van der Waals surface area contributed by atoms with Gasteiger partial charge in [-0.1, -0.05) is 19.9 Å². The molecule has 2 aromatic heterocycles. The Morgan fingerprint density at radius 3 is 2.26 bits per heavy atom. The van der Waals surface area contributed by atoms with E-state index in [0.29, 0.717) is 18.9 Å². The molecular formula is C19H25F4N3O5. The van der Waals surface area contributed by atoms with Gasteiger partial charge < -0.3 is 19.7 Å². The molecule has 1 saturated heterocycles. The van der Waals surface area contributed by atoms with Gasteiger partial charge >= 0.3 is 6.18 Å². The maximum absolute atomic E-state index is 11.9. The second kappa shape index (κ2) is 13.0. The van der Waals surface area contributed by atoms with Crippen LogP contribution in [-0.4, -0.2) is 57.4 Å². The minimum Gasteiger partial charge on any atom is -0.480 e. The highest BCUT2D eigenvalue weighted by molar-refractivity contribution is 5.17. The van der Waals surface area contributed by atoms with E-state index in [0.717, 1.165) is 18.2 Å². The van der Waals surface area contributed by atoms with E-state index < -0.39 is 30.0 Å². The monoisotopic (exact) mass is 451 g/mol. The Morgan fingerprint density at radius 2 is 1.81 bits per heavy atom. The molecule has 0 amide bonds. The molecule has 0 spiro atoms. The van der Waals surface area contributed by atoms with Crippen LogP contribution < -0.4 is 9.68 Å². The zero-order valence-electron chi connectivity index (χ0n) is 17.2. The van der Waals surface area contributed by atoms with Gasteiger partial charge in [-0.2, -0.15) is 18.3 Å². The third-order valence-electron chi connectivity index (χ3n) is 3.96. The lowest BCUT2D eigenvalue weighted by molar-refractivity contribution is -0.149. The number of alkyl halides is 3. The van der Waals surface area contributed by atoms with E-state index in [-0.39, 0.29) is 12.0 Å². The molecule has 8 nitrogen and oxygen atoms in total. The molecule has 2 aromatic rings. The number of ether oxygens (including phenoxy) is 2. The van der Waals surface area contributed by atoms with E-state index in [1.807, 2.05) is 13.8 Å². The molecule has 0 radical (unpaired) electrons. The van der Waals surface area contributed by atoms with Crippen LogP contribution in [0.5, 0.6) is 11.8 Å². The highest BCUT2D eigenvalue weighted by atomic mass is 19.4. The van der Waals surface area contributed by atoms with E-state index in [9.17, 15) is 27.9 Å². The lowest BCUT2D eigenvalue weighted by Gasteiger charge is -2.34. The van der Waals surface area contributed by atoms with Crippen LogP contribution in [0.4, 0.5) is 17.7 Å². The first-order chi connectivity index (χ1) is 14.6. The Bertz CT molecular complexity index is 753. The minimum atomic E-state index is -4.57. The average molecular weight is 451 g/mol. The fourth-order valence-corrected chi connectivity index (χ4v) is 2.41.